The molecule has 2 rings (SSSR count). The lowest BCUT2D eigenvalue weighted by molar-refractivity contribution is 0.0933. The highest BCUT2D eigenvalue weighted by Crippen LogP contribution is 2.23. The molecule has 0 spiro atoms. The Morgan fingerprint density at radius 3 is 2.38 bits per heavy atom. The van der Waals surface area contributed by atoms with Crippen molar-refractivity contribution in [3.8, 4) is 11.5 Å². The van der Waals surface area contributed by atoms with Crippen molar-refractivity contribution in [3.63, 3.8) is 0 Å². The third-order valence-electron chi connectivity index (χ3n) is 3.63. The van der Waals surface area contributed by atoms with Crippen LogP contribution in [0, 0.1) is 5.92 Å². The molecule has 0 aliphatic rings. The van der Waals surface area contributed by atoms with Crippen molar-refractivity contribution < 1.29 is 19.1 Å². The summed E-state index contributed by atoms with van der Waals surface area (Å²) < 4.78 is 11.5. The van der Waals surface area contributed by atoms with Crippen LogP contribution >= 0.6 is 28.1 Å². The molecule has 2 amide bonds. The number of rotatable bonds is 6. The average molecular weight is 480 g/mol. The Kier molecular flexibility index (Phi) is 8.41. The van der Waals surface area contributed by atoms with Crippen molar-refractivity contribution in [1.29, 1.82) is 0 Å². The predicted octanol–water partition coefficient (Wildman–Crippen LogP) is 3.44. The maximum absolute atomic E-state index is 12.6. The van der Waals surface area contributed by atoms with E-state index in [2.05, 4.69) is 32.1 Å². The zero-order valence-electron chi connectivity index (χ0n) is 16.2. The van der Waals surface area contributed by atoms with E-state index in [4.69, 9.17) is 21.7 Å². The van der Waals surface area contributed by atoms with Crippen LogP contribution in [0.25, 0.3) is 0 Å². The number of hydrogen-bond acceptors (Lipinski definition) is 5. The Morgan fingerprint density at radius 1 is 1.07 bits per heavy atom. The molecule has 0 radical (unpaired) electrons. The monoisotopic (exact) mass is 479 g/mol. The maximum atomic E-state index is 12.6. The quantitative estimate of drug-likeness (QED) is 0.434. The molecule has 29 heavy (non-hydrogen) atoms. The fourth-order valence-corrected chi connectivity index (χ4v) is 2.70. The summed E-state index contributed by atoms with van der Waals surface area (Å²) in [7, 11) is 1.54. The van der Waals surface area contributed by atoms with Gasteiger partial charge in [-0.2, -0.15) is 0 Å². The van der Waals surface area contributed by atoms with Gasteiger partial charge < -0.3 is 9.47 Å². The summed E-state index contributed by atoms with van der Waals surface area (Å²) in [5, 5.41) is 2.47. The number of carbonyl (C=O) groups excluding carboxylic acids is 2. The second-order valence-corrected chi connectivity index (χ2v) is 7.76. The van der Waals surface area contributed by atoms with Crippen molar-refractivity contribution >= 4 is 45.1 Å². The van der Waals surface area contributed by atoms with Crippen LogP contribution < -0.4 is 25.6 Å². The lowest BCUT2D eigenvalue weighted by Crippen LogP contribution is -2.48. The molecule has 0 aromatic heterocycles. The predicted molar refractivity (Wildman–Crippen MR) is 118 cm³/mol. The Morgan fingerprint density at radius 2 is 1.76 bits per heavy atom. The van der Waals surface area contributed by atoms with Crippen LogP contribution in [-0.2, 0) is 0 Å². The summed E-state index contributed by atoms with van der Waals surface area (Å²) in [4.78, 5) is 24.7. The van der Waals surface area contributed by atoms with Gasteiger partial charge in [0, 0.05) is 10.0 Å². The van der Waals surface area contributed by atoms with Gasteiger partial charge in [-0.3, -0.25) is 25.8 Å². The third kappa shape index (κ3) is 7.03. The Bertz CT molecular complexity index is 888. The van der Waals surface area contributed by atoms with E-state index in [-0.39, 0.29) is 5.11 Å². The van der Waals surface area contributed by atoms with Crippen LogP contribution in [0.15, 0.2) is 46.9 Å². The minimum absolute atomic E-state index is 0.0494. The summed E-state index contributed by atoms with van der Waals surface area (Å²) in [5.41, 5.74) is 5.67. The molecule has 0 atom stereocenters. The van der Waals surface area contributed by atoms with Crippen LogP contribution in [0.3, 0.4) is 0 Å². The zero-order chi connectivity index (χ0) is 21.4. The molecule has 0 saturated carbocycles. The van der Waals surface area contributed by atoms with Crippen LogP contribution in [0.1, 0.15) is 34.6 Å². The number of halogens is 1. The Labute approximate surface area is 183 Å². The first-order valence-corrected chi connectivity index (χ1v) is 9.98. The molecule has 154 valence electrons. The van der Waals surface area contributed by atoms with E-state index in [1.807, 2.05) is 13.8 Å². The maximum Gasteiger partial charge on any atom is 0.269 e. The van der Waals surface area contributed by atoms with Gasteiger partial charge in [-0.15, -0.1) is 0 Å². The normalized spacial score (nSPS) is 10.2. The molecular weight excluding hydrogens is 458 g/mol. The number of thiocarbonyl (C=S) groups is 1. The molecular formula is C20H22BrN3O4S. The van der Waals surface area contributed by atoms with Gasteiger partial charge in [-0.1, -0.05) is 29.8 Å². The highest BCUT2D eigenvalue weighted by atomic mass is 79.9. The Balaban J connectivity index is 1.95. The van der Waals surface area contributed by atoms with Crippen molar-refractivity contribution in [2.45, 2.75) is 13.8 Å². The highest BCUT2D eigenvalue weighted by Gasteiger charge is 2.16. The van der Waals surface area contributed by atoms with Crippen LogP contribution in [0.5, 0.6) is 11.5 Å². The van der Waals surface area contributed by atoms with E-state index in [9.17, 15) is 9.59 Å². The molecule has 7 nitrogen and oxygen atoms in total. The molecule has 0 bridgehead atoms. The zero-order valence-corrected chi connectivity index (χ0v) is 18.6. The summed E-state index contributed by atoms with van der Waals surface area (Å²) in [6.07, 6.45) is 0. The summed E-state index contributed by atoms with van der Waals surface area (Å²) in [6.45, 7) is 4.51. The highest BCUT2D eigenvalue weighted by molar-refractivity contribution is 9.10. The second kappa shape index (κ2) is 10.8. The van der Waals surface area contributed by atoms with Crippen molar-refractivity contribution in [2.75, 3.05) is 13.7 Å². The van der Waals surface area contributed by atoms with Crippen LogP contribution in [0.4, 0.5) is 0 Å². The van der Waals surface area contributed by atoms with Gasteiger partial charge >= 0.3 is 0 Å². The van der Waals surface area contributed by atoms with Crippen LogP contribution in [-0.4, -0.2) is 30.6 Å². The number of benzene rings is 2. The number of nitrogens with one attached hydrogen (secondary N) is 3. The van der Waals surface area contributed by atoms with E-state index in [1.54, 1.807) is 49.6 Å². The fourth-order valence-electron chi connectivity index (χ4n) is 2.19. The number of ether oxygens (including phenoxy) is 2. The van der Waals surface area contributed by atoms with Gasteiger partial charge in [0.25, 0.3) is 11.8 Å². The number of hydrazine groups is 1. The minimum atomic E-state index is -0.457. The van der Waals surface area contributed by atoms with Crippen LogP contribution in [0.2, 0.25) is 0 Å². The van der Waals surface area contributed by atoms with Crippen molar-refractivity contribution in [2.24, 2.45) is 5.92 Å². The summed E-state index contributed by atoms with van der Waals surface area (Å²) in [5.74, 6) is 0.533. The molecule has 0 heterocycles. The standard InChI is InChI=1S/C20H22BrN3O4S/c1-12(2)11-28-17-9-6-14(21)10-16(17)19(26)22-20(29)24-23-18(25)13-4-7-15(27-3)8-5-13/h4-10,12H,11H2,1-3H3,(H,23,25)(H2,22,24,26,29). The molecule has 0 aliphatic carbocycles. The number of amides is 2. The average Bonchev–Trinajstić information content (AvgIpc) is 2.70. The fraction of sp³-hybridized carbons (Fsp3) is 0.250. The van der Waals surface area contributed by atoms with Gasteiger partial charge in [0.15, 0.2) is 5.11 Å². The van der Waals surface area contributed by atoms with Gasteiger partial charge in [0.05, 0.1) is 19.3 Å². The van der Waals surface area contributed by atoms with Crippen molar-refractivity contribution in [3.05, 3.63) is 58.1 Å². The van der Waals surface area contributed by atoms with Gasteiger partial charge in [-0.25, -0.2) is 0 Å². The molecule has 0 fully saturated rings. The van der Waals surface area contributed by atoms with E-state index in [0.29, 0.717) is 35.2 Å². The second-order valence-electron chi connectivity index (χ2n) is 6.44. The topological polar surface area (TPSA) is 88.7 Å². The third-order valence-corrected chi connectivity index (χ3v) is 4.32. The van der Waals surface area contributed by atoms with E-state index < -0.39 is 11.8 Å². The van der Waals surface area contributed by atoms with Gasteiger partial charge in [0.2, 0.25) is 0 Å². The Hall–Kier alpha value is -2.65. The van der Waals surface area contributed by atoms with E-state index in [0.717, 1.165) is 4.47 Å². The number of hydrogen-bond donors (Lipinski definition) is 3. The summed E-state index contributed by atoms with van der Waals surface area (Å²) >= 11 is 8.44. The van der Waals surface area contributed by atoms with Gasteiger partial charge in [0.1, 0.15) is 11.5 Å². The molecule has 2 aromatic carbocycles. The summed E-state index contributed by atoms with van der Waals surface area (Å²) in [6, 6.07) is 11.7. The van der Waals surface area contributed by atoms with E-state index >= 15 is 0 Å². The lowest BCUT2D eigenvalue weighted by Gasteiger charge is -2.15. The lowest BCUT2D eigenvalue weighted by atomic mass is 10.2. The van der Waals surface area contributed by atoms with Crippen molar-refractivity contribution in [1.82, 2.24) is 16.2 Å². The SMILES string of the molecule is COc1ccc(C(=O)NNC(=S)NC(=O)c2cc(Br)ccc2OCC(C)C)cc1. The molecule has 0 unspecified atom stereocenters. The van der Waals surface area contributed by atoms with E-state index in [1.165, 1.54) is 0 Å². The number of methoxy groups -OCH3 is 1. The number of carbonyl (C=O) groups is 2. The molecule has 9 heteroatoms. The van der Waals surface area contributed by atoms with Gasteiger partial charge in [-0.05, 0) is 60.6 Å². The molecule has 3 N–H and O–H groups in total. The molecule has 2 aromatic rings. The minimum Gasteiger partial charge on any atom is -0.497 e. The molecule has 0 saturated heterocycles. The first kappa shape index (κ1) is 22.6. The largest absolute Gasteiger partial charge is 0.497 e. The first-order chi connectivity index (χ1) is 13.8. The molecule has 0 aliphatic heterocycles. The smallest absolute Gasteiger partial charge is 0.269 e. The first-order valence-electron chi connectivity index (χ1n) is 8.78.